The van der Waals surface area contributed by atoms with E-state index in [-0.39, 0.29) is 0 Å². The fourth-order valence-electron chi connectivity index (χ4n) is 3.23. The molecule has 0 bridgehead atoms. The van der Waals surface area contributed by atoms with Gasteiger partial charge in [0.2, 0.25) is 0 Å². The first-order chi connectivity index (χ1) is 13.9. The van der Waals surface area contributed by atoms with Gasteiger partial charge in [0, 0.05) is 38.8 Å². The van der Waals surface area contributed by atoms with Gasteiger partial charge in [-0.2, -0.15) is 0 Å². The Labute approximate surface area is 175 Å². The molecule has 0 aliphatic carbocycles. The van der Waals surface area contributed by atoms with Gasteiger partial charge in [-0.3, -0.25) is 9.89 Å². The van der Waals surface area contributed by atoms with Crippen molar-refractivity contribution in [2.24, 2.45) is 4.99 Å². The fraction of sp³-hybridized carbons (Fsp3) is 0.636. The Kier molecular flexibility index (Phi) is 9.25. The number of piperidine rings is 1. The van der Waals surface area contributed by atoms with Crippen molar-refractivity contribution >= 4 is 12.1 Å². The molecule has 2 rings (SSSR count). The van der Waals surface area contributed by atoms with E-state index in [1.807, 2.05) is 20.8 Å². The summed E-state index contributed by atoms with van der Waals surface area (Å²) >= 11 is 0. The van der Waals surface area contributed by atoms with Gasteiger partial charge in [0.05, 0.1) is 6.54 Å². The summed E-state index contributed by atoms with van der Waals surface area (Å²) in [5.41, 5.74) is 0.880. The summed E-state index contributed by atoms with van der Waals surface area (Å²) in [5.74, 6) is 0.806. The Morgan fingerprint density at radius 3 is 2.48 bits per heavy atom. The zero-order valence-corrected chi connectivity index (χ0v) is 18.3. The minimum atomic E-state index is -0.487. The van der Waals surface area contributed by atoms with E-state index in [0.717, 1.165) is 45.0 Å². The van der Waals surface area contributed by atoms with Crippen LogP contribution >= 0.6 is 0 Å². The summed E-state index contributed by atoms with van der Waals surface area (Å²) in [4.78, 5) is 18.8. The van der Waals surface area contributed by atoms with Gasteiger partial charge in [-0.25, -0.2) is 4.79 Å². The maximum atomic E-state index is 11.7. The van der Waals surface area contributed by atoms with E-state index in [9.17, 15) is 4.79 Å². The summed E-state index contributed by atoms with van der Waals surface area (Å²) in [6.45, 7) is 12.5. The maximum absolute atomic E-state index is 11.7. The highest BCUT2D eigenvalue weighted by Gasteiger charge is 2.20. The number of likely N-dealkylation sites (tertiary alicyclic amines) is 1. The van der Waals surface area contributed by atoms with Crippen molar-refractivity contribution < 1.29 is 9.53 Å². The first-order valence-corrected chi connectivity index (χ1v) is 10.6. The van der Waals surface area contributed by atoms with E-state index in [1.165, 1.54) is 5.56 Å². The maximum Gasteiger partial charge on any atom is 0.407 e. The number of amides is 1. The molecule has 1 aromatic carbocycles. The van der Waals surface area contributed by atoms with Crippen molar-refractivity contribution in [1.29, 1.82) is 0 Å². The van der Waals surface area contributed by atoms with Crippen molar-refractivity contribution in [2.75, 3.05) is 32.7 Å². The molecule has 7 nitrogen and oxygen atoms in total. The number of benzene rings is 1. The molecule has 0 saturated carbocycles. The van der Waals surface area contributed by atoms with Gasteiger partial charge < -0.3 is 20.7 Å². The summed E-state index contributed by atoms with van der Waals surface area (Å²) in [6.07, 6.45) is 1.78. The van der Waals surface area contributed by atoms with E-state index < -0.39 is 11.7 Å². The molecule has 162 valence electrons. The Morgan fingerprint density at radius 1 is 1.17 bits per heavy atom. The summed E-state index contributed by atoms with van der Waals surface area (Å²) in [7, 11) is 0. The molecule has 29 heavy (non-hydrogen) atoms. The van der Waals surface area contributed by atoms with Gasteiger partial charge in [0.25, 0.3) is 0 Å². The number of nitrogens with zero attached hydrogens (tertiary/aromatic N) is 2. The van der Waals surface area contributed by atoms with E-state index in [2.05, 4.69) is 63.1 Å². The molecular weight excluding hydrogens is 366 g/mol. The molecule has 0 unspecified atom stereocenters. The number of carbonyl (C=O) groups is 1. The Hall–Kier alpha value is -2.28. The van der Waals surface area contributed by atoms with E-state index >= 15 is 0 Å². The molecule has 1 heterocycles. The number of hydrogen-bond acceptors (Lipinski definition) is 4. The Balaban J connectivity index is 1.71. The topological polar surface area (TPSA) is 78.0 Å². The highest BCUT2D eigenvalue weighted by atomic mass is 16.6. The molecule has 1 aliphatic heterocycles. The molecule has 1 aliphatic rings. The summed E-state index contributed by atoms with van der Waals surface area (Å²) in [5, 5.41) is 9.56. The van der Waals surface area contributed by atoms with Crippen molar-refractivity contribution in [2.45, 2.75) is 58.7 Å². The molecule has 1 aromatic rings. The van der Waals surface area contributed by atoms with E-state index in [1.54, 1.807) is 0 Å². The summed E-state index contributed by atoms with van der Waals surface area (Å²) < 4.78 is 5.23. The van der Waals surface area contributed by atoms with E-state index in [0.29, 0.717) is 19.1 Å². The van der Waals surface area contributed by atoms with Gasteiger partial charge in [0.15, 0.2) is 5.96 Å². The third kappa shape index (κ3) is 9.65. The van der Waals surface area contributed by atoms with Crippen LogP contribution in [0.3, 0.4) is 0 Å². The fourth-order valence-corrected chi connectivity index (χ4v) is 3.23. The minimum absolute atomic E-state index is 0.406. The summed E-state index contributed by atoms with van der Waals surface area (Å²) in [6, 6.07) is 11.0. The smallest absolute Gasteiger partial charge is 0.407 e. The zero-order chi connectivity index (χ0) is 21.1. The number of aliphatic imine (C=N–C) groups is 1. The molecule has 0 aromatic heterocycles. The third-order valence-electron chi connectivity index (χ3n) is 4.57. The first-order valence-electron chi connectivity index (χ1n) is 10.6. The van der Waals surface area contributed by atoms with Crippen molar-refractivity contribution in [3.63, 3.8) is 0 Å². The van der Waals surface area contributed by atoms with Gasteiger partial charge in [0.1, 0.15) is 5.60 Å². The average Bonchev–Trinajstić information content (AvgIpc) is 2.66. The lowest BCUT2D eigenvalue weighted by Gasteiger charge is -2.33. The number of alkyl carbamates (subject to hydrolysis) is 1. The lowest BCUT2D eigenvalue weighted by atomic mass is 10.0. The number of rotatable bonds is 7. The highest BCUT2D eigenvalue weighted by molar-refractivity contribution is 5.80. The zero-order valence-electron chi connectivity index (χ0n) is 18.3. The predicted molar refractivity (Wildman–Crippen MR) is 118 cm³/mol. The number of hydrogen-bond donors (Lipinski definition) is 3. The minimum Gasteiger partial charge on any atom is -0.444 e. The molecule has 0 radical (unpaired) electrons. The van der Waals surface area contributed by atoms with Crippen molar-refractivity contribution in [3.05, 3.63) is 35.9 Å². The van der Waals surface area contributed by atoms with Crippen LogP contribution in [-0.2, 0) is 11.3 Å². The van der Waals surface area contributed by atoms with Crippen LogP contribution in [0.25, 0.3) is 0 Å². The van der Waals surface area contributed by atoms with Crippen LogP contribution in [0, 0.1) is 0 Å². The van der Waals surface area contributed by atoms with Crippen LogP contribution in [0.4, 0.5) is 4.79 Å². The number of guanidine groups is 1. The van der Waals surface area contributed by atoms with Crippen LogP contribution in [-0.4, -0.2) is 61.3 Å². The largest absolute Gasteiger partial charge is 0.444 e. The van der Waals surface area contributed by atoms with Gasteiger partial charge in [-0.15, -0.1) is 0 Å². The SMILES string of the molecule is CCNC(=NCCNC(=O)OC(C)(C)C)NC1CCN(Cc2ccccc2)CC1. The van der Waals surface area contributed by atoms with Crippen molar-refractivity contribution in [1.82, 2.24) is 20.9 Å². The lowest BCUT2D eigenvalue weighted by molar-refractivity contribution is 0.0529. The second-order valence-electron chi connectivity index (χ2n) is 8.37. The van der Waals surface area contributed by atoms with Crippen LogP contribution < -0.4 is 16.0 Å². The molecule has 3 N–H and O–H groups in total. The Bertz CT molecular complexity index is 634. The molecule has 1 saturated heterocycles. The van der Waals surface area contributed by atoms with Crippen LogP contribution in [0.15, 0.2) is 35.3 Å². The molecule has 0 spiro atoms. The molecule has 0 atom stereocenters. The first kappa shape index (κ1) is 23.0. The van der Waals surface area contributed by atoms with Crippen LogP contribution in [0.2, 0.25) is 0 Å². The molecule has 7 heteroatoms. The predicted octanol–water partition coefficient (Wildman–Crippen LogP) is 2.73. The monoisotopic (exact) mass is 403 g/mol. The van der Waals surface area contributed by atoms with Gasteiger partial charge >= 0.3 is 6.09 Å². The highest BCUT2D eigenvalue weighted by Crippen LogP contribution is 2.13. The number of carbonyl (C=O) groups excluding carboxylic acids is 1. The van der Waals surface area contributed by atoms with Gasteiger partial charge in [-0.1, -0.05) is 30.3 Å². The van der Waals surface area contributed by atoms with Gasteiger partial charge in [-0.05, 0) is 46.1 Å². The third-order valence-corrected chi connectivity index (χ3v) is 4.57. The van der Waals surface area contributed by atoms with Crippen LogP contribution in [0.5, 0.6) is 0 Å². The molecule has 1 fully saturated rings. The lowest BCUT2D eigenvalue weighted by Crippen LogP contribution is -2.48. The quantitative estimate of drug-likeness (QED) is 0.371. The number of nitrogens with one attached hydrogen (secondary N) is 3. The average molecular weight is 404 g/mol. The Morgan fingerprint density at radius 2 is 1.86 bits per heavy atom. The normalized spacial score (nSPS) is 16.3. The van der Waals surface area contributed by atoms with Crippen molar-refractivity contribution in [3.8, 4) is 0 Å². The van der Waals surface area contributed by atoms with Crippen LogP contribution in [0.1, 0.15) is 46.1 Å². The second-order valence-corrected chi connectivity index (χ2v) is 8.37. The second kappa shape index (κ2) is 11.7. The number of ether oxygens (including phenoxy) is 1. The molecule has 1 amide bonds. The molecular formula is C22H37N5O2. The standard InChI is InChI=1S/C22H37N5O2/c1-5-23-20(24-13-14-25-21(28)29-22(2,3)4)26-19-11-15-27(16-12-19)17-18-9-7-6-8-10-18/h6-10,19H,5,11-17H2,1-4H3,(H,25,28)(H2,23,24,26). The van der Waals surface area contributed by atoms with E-state index in [4.69, 9.17) is 4.74 Å².